The molecule has 46 valence electrons. The average Bonchev–Trinajstić information content (AvgIpc) is 1.65. The van der Waals surface area contributed by atoms with Gasteiger partial charge in [0.2, 0.25) is 0 Å². The summed E-state index contributed by atoms with van der Waals surface area (Å²) in [4.78, 5) is 9.88. The van der Waals surface area contributed by atoms with Gasteiger partial charge >= 0.3 is 12.5 Å². The van der Waals surface area contributed by atoms with Crippen molar-refractivity contribution in [1.29, 1.82) is 0 Å². The molecule has 4 heteroatoms. The van der Waals surface area contributed by atoms with Gasteiger partial charge in [-0.15, -0.1) is 0 Å². The Labute approximate surface area is 45.4 Å². The van der Waals surface area contributed by atoms with Crippen LogP contribution in [0, 0.1) is 0 Å². The summed E-state index contributed by atoms with van der Waals surface area (Å²) in [6.45, 7) is 0.420. The Kier molecular flexibility index (Phi) is 2.79. The largest absolute Gasteiger partial charge is 0.403 e. The van der Waals surface area contributed by atoms with Gasteiger partial charge in [-0.1, -0.05) is 6.58 Å². The van der Waals surface area contributed by atoms with Crippen LogP contribution in [-0.2, 0) is 9.53 Å². The fourth-order valence-corrected chi connectivity index (χ4v) is 0.144. The van der Waals surface area contributed by atoms with Crippen LogP contribution in [0.2, 0.25) is 0 Å². The van der Waals surface area contributed by atoms with Crippen molar-refractivity contribution in [2.75, 3.05) is 0 Å². The molecule has 0 aliphatic heterocycles. The van der Waals surface area contributed by atoms with Gasteiger partial charge in [-0.05, 0) is 0 Å². The zero-order chi connectivity index (χ0) is 6.57. The summed E-state index contributed by atoms with van der Waals surface area (Å²) in [6.07, 6.45) is 0.753. The minimum atomic E-state index is -2.54. The first-order chi connectivity index (χ1) is 3.66. The molecule has 0 aromatic rings. The van der Waals surface area contributed by atoms with Crippen LogP contribution in [-0.4, -0.2) is 17.6 Å². The van der Waals surface area contributed by atoms with Crippen LogP contribution < -0.4 is 0 Å². The summed E-state index contributed by atoms with van der Waals surface area (Å²) in [5.41, 5.74) is 0. The number of hydrogen-bond acceptors (Lipinski definition) is 3. The third-order valence-corrected chi connectivity index (χ3v) is 0.380. The SMILES string of the molecule is C=CC(=O)OC(O)F. The zero-order valence-corrected chi connectivity index (χ0v) is 4.00. The lowest BCUT2D eigenvalue weighted by molar-refractivity contribution is -0.192. The van der Waals surface area contributed by atoms with Crippen LogP contribution in [0.5, 0.6) is 0 Å². The molecule has 8 heavy (non-hydrogen) atoms. The summed E-state index contributed by atoms with van der Waals surface area (Å²) in [5.74, 6) is -0.986. The molecule has 0 aromatic carbocycles. The van der Waals surface area contributed by atoms with Crippen molar-refractivity contribution in [2.45, 2.75) is 6.54 Å². The second-order valence-electron chi connectivity index (χ2n) is 0.933. The third kappa shape index (κ3) is 3.30. The van der Waals surface area contributed by atoms with Crippen LogP contribution in [0.25, 0.3) is 0 Å². The van der Waals surface area contributed by atoms with E-state index >= 15 is 0 Å². The van der Waals surface area contributed by atoms with Gasteiger partial charge in [0, 0.05) is 6.08 Å². The van der Waals surface area contributed by atoms with Crippen molar-refractivity contribution >= 4 is 5.97 Å². The number of esters is 1. The Hall–Kier alpha value is -0.900. The third-order valence-electron chi connectivity index (χ3n) is 0.380. The van der Waals surface area contributed by atoms with E-state index in [4.69, 9.17) is 5.11 Å². The van der Waals surface area contributed by atoms with E-state index in [1.54, 1.807) is 0 Å². The molecular weight excluding hydrogens is 115 g/mol. The van der Waals surface area contributed by atoms with Gasteiger partial charge in [0.1, 0.15) is 0 Å². The first-order valence-corrected chi connectivity index (χ1v) is 1.82. The van der Waals surface area contributed by atoms with E-state index in [0.29, 0.717) is 0 Å². The molecule has 0 radical (unpaired) electrons. The molecule has 3 nitrogen and oxygen atoms in total. The van der Waals surface area contributed by atoms with Crippen LogP contribution in [0.1, 0.15) is 0 Å². The van der Waals surface area contributed by atoms with Crippen LogP contribution in [0.4, 0.5) is 4.39 Å². The molecule has 0 aromatic heterocycles. The molecule has 0 saturated heterocycles. The van der Waals surface area contributed by atoms with Crippen LogP contribution in [0.15, 0.2) is 12.7 Å². The van der Waals surface area contributed by atoms with Gasteiger partial charge in [-0.2, -0.15) is 4.39 Å². The normalized spacial score (nSPS) is 12.2. The van der Waals surface area contributed by atoms with Gasteiger partial charge in [-0.3, -0.25) is 0 Å². The van der Waals surface area contributed by atoms with E-state index < -0.39 is 12.5 Å². The number of aliphatic hydroxyl groups is 1. The van der Waals surface area contributed by atoms with Crippen LogP contribution >= 0.6 is 0 Å². The summed E-state index contributed by atoms with van der Waals surface area (Å²) in [7, 11) is 0. The van der Waals surface area contributed by atoms with E-state index in [2.05, 4.69) is 11.3 Å². The van der Waals surface area contributed by atoms with Gasteiger partial charge < -0.3 is 9.84 Å². The lowest BCUT2D eigenvalue weighted by atomic mass is 10.7. The average molecular weight is 120 g/mol. The number of hydrogen-bond donors (Lipinski definition) is 1. The van der Waals surface area contributed by atoms with Gasteiger partial charge in [0.15, 0.2) is 0 Å². The number of carbonyl (C=O) groups is 1. The smallest absolute Gasteiger partial charge is 0.352 e. The lowest BCUT2D eigenvalue weighted by Crippen LogP contribution is -2.09. The quantitative estimate of drug-likeness (QED) is 0.316. The van der Waals surface area contributed by atoms with Crippen molar-refractivity contribution < 1.29 is 19.0 Å². The Morgan fingerprint density at radius 1 is 2.00 bits per heavy atom. The highest BCUT2D eigenvalue weighted by atomic mass is 19.2. The summed E-state index contributed by atoms with van der Waals surface area (Å²) < 4.78 is 14.7. The standard InChI is InChI=1S/C4H5FO3/c1-2-3(6)8-4(5)7/h2,4,7H,1H2. The van der Waals surface area contributed by atoms with Gasteiger partial charge in [0.25, 0.3) is 0 Å². The van der Waals surface area contributed by atoms with Crippen molar-refractivity contribution in [3.8, 4) is 0 Å². The van der Waals surface area contributed by atoms with Gasteiger partial charge in [-0.25, -0.2) is 4.79 Å². The summed E-state index contributed by atoms with van der Waals surface area (Å²) in [5, 5.41) is 7.70. The zero-order valence-electron chi connectivity index (χ0n) is 4.00. The molecule has 1 unspecified atom stereocenters. The number of carbonyl (C=O) groups excluding carboxylic acids is 1. The first kappa shape index (κ1) is 7.10. The Morgan fingerprint density at radius 2 is 2.50 bits per heavy atom. The summed E-state index contributed by atoms with van der Waals surface area (Å²) in [6, 6.07) is 0. The van der Waals surface area contributed by atoms with E-state index in [0.717, 1.165) is 6.08 Å². The molecule has 0 saturated carbocycles. The molecule has 0 amide bonds. The molecule has 0 aliphatic rings. The minimum Gasteiger partial charge on any atom is -0.403 e. The van der Waals surface area contributed by atoms with E-state index in [1.807, 2.05) is 0 Å². The number of halogens is 1. The van der Waals surface area contributed by atoms with Crippen molar-refractivity contribution in [3.05, 3.63) is 12.7 Å². The molecule has 0 fully saturated rings. The van der Waals surface area contributed by atoms with Crippen LogP contribution in [0.3, 0.4) is 0 Å². The predicted octanol–water partition coefficient (Wildman–Crippen LogP) is -0.0390. The maximum Gasteiger partial charge on any atom is 0.352 e. The molecule has 0 heterocycles. The fourth-order valence-electron chi connectivity index (χ4n) is 0.144. The molecule has 1 atom stereocenters. The maximum atomic E-state index is 11.2. The molecule has 0 rings (SSSR count). The fraction of sp³-hybridized carbons (Fsp3) is 0.250. The molecular formula is C4H5FO3. The molecule has 1 N–H and O–H groups in total. The summed E-state index contributed by atoms with van der Waals surface area (Å²) >= 11 is 0. The Balaban J connectivity index is 3.39. The number of aliphatic hydroxyl groups excluding tert-OH is 1. The van der Waals surface area contributed by atoms with Gasteiger partial charge in [0.05, 0.1) is 0 Å². The van der Waals surface area contributed by atoms with Crippen molar-refractivity contribution in [3.63, 3.8) is 0 Å². The second kappa shape index (κ2) is 3.15. The minimum absolute atomic E-state index is 0.753. The van der Waals surface area contributed by atoms with E-state index in [9.17, 15) is 9.18 Å². The Morgan fingerprint density at radius 3 is 2.62 bits per heavy atom. The number of rotatable bonds is 2. The highest BCUT2D eigenvalue weighted by molar-refractivity contribution is 5.81. The van der Waals surface area contributed by atoms with Crippen molar-refractivity contribution in [1.82, 2.24) is 0 Å². The molecule has 0 bridgehead atoms. The maximum absolute atomic E-state index is 11.2. The van der Waals surface area contributed by atoms with E-state index in [-0.39, 0.29) is 0 Å². The number of alkyl halides is 1. The molecule has 0 spiro atoms. The topological polar surface area (TPSA) is 46.5 Å². The first-order valence-electron chi connectivity index (χ1n) is 1.82. The Bertz CT molecular complexity index is 99.5. The number of ether oxygens (including phenoxy) is 1. The lowest BCUT2D eigenvalue weighted by Gasteiger charge is -1.97. The highest BCUT2D eigenvalue weighted by Crippen LogP contribution is 1.87. The van der Waals surface area contributed by atoms with E-state index in [1.165, 1.54) is 0 Å². The second-order valence-corrected chi connectivity index (χ2v) is 0.933. The van der Waals surface area contributed by atoms with Crippen molar-refractivity contribution in [2.24, 2.45) is 0 Å². The molecule has 0 aliphatic carbocycles. The highest BCUT2D eigenvalue weighted by Gasteiger charge is 2.02. The monoisotopic (exact) mass is 120 g/mol. The predicted molar refractivity (Wildman–Crippen MR) is 23.4 cm³/mol.